The van der Waals surface area contributed by atoms with Crippen molar-refractivity contribution in [2.45, 2.75) is 26.5 Å². The van der Waals surface area contributed by atoms with Crippen LogP contribution in [0, 0.1) is 0 Å². The lowest BCUT2D eigenvalue weighted by Gasteiger charge is -2.15. The zero-order chi connectivity index (χ0) is 16.1. The largest absolute Gasteiger partial charge is 0.491 e. The van der Waals surface area contributed by atoms with Crippen molar-refractivity contribution in [3.05, 3.63) is 46.8 Å². The first kappa shape index (κ1) is 16.1. The molecule has 0 atom stereocenters. The lowest BCUT2D eigenvalue weighted by atomic mass is 10.1. The van der Waals surface area contributed by atoms with Gasteiger partial charge in [0.25, 0.3) is 5.56 Å². The number of pyridine rings is 1. The highest BCUT2D eigenvalue weighted by atomic mass is 16.5. The van der Waals surface area contributed by atoms with Gasteiger partial charge in [0.2, 0.25) is 0 Å². The monoisotopic (exact) mass is 302 g/mol. The van der Waals surface area contributed by atoms with Crippen LogP contribution in [0.5, 0.6) is 5.75 Å². The fraction of sp³-hybridized carbons (Fsp3) is 0.353. The van der Waals surface area contributed by atoms with Gasteiger partial charge in [0, 0.05) is 19.2 Å². The summed E-state index contributed by atoms with van der Waals surface area (Å²) in [6, 6.07) is 11.2. The van der Waals surface area contributed by atoms with E-state index in [0.29, 0.717) is 13.2 Å². The third kappa shape index (κ3) is 3.68. The van der Waals surface area contributed by atoms with E-state index in [1.54, 1.807) is 17.7 Å². The smallest absolute Gasteiger partial charge is 0.274 e. The van der Waals surface area contributed by atoms with Crippen LogP contribution in [0.4, 0.5) is 5.69 Å². The molecule has 0 saturated carbocycles. The van der Waals surface area contributed by atoms with E-state index in [9.17, 15) is 4.79 Å². The predicted molar refractivity (Wildman–Crippen MR) is 88.2 cm³/mol. The molecule has 2 aromatic rings. The number of nitrogens with zero attached hydrogens (tertiary/aromatic N) is 1. The molecule has 5 nitrogen and oxygen atoms in total. The van der Waals surface area contributed by atoms with Crippen LogP contribution in [0.25, 0.3) is 11.3 Å². The Morgan fingerprint density at radius 3 is 2.68 bits per heavy atom. The van der Waals surface area contributed by atoms with E-state index in [0.717, 1.165) is 17.0 Å². The fourth-order valence-electron chi connectivity index (χ4n) is 2.25. The molecule has 0 bridgehead atoms. The van der Waals surface area contributed by atoms with Gasteiger partial charge in [-0.05, 0) is 38.1 Å². The van der Waals surface area contributed by atoms with E-state index >= 15 is 0 Å². The molecule has 22 heavy (non-hydrogen) atoms. The van der Waals surface area contributed by atoms with E-state index in [1.165, 1.54) is 0 Å². The fourth-order valence-corrected chi connectivity index (χ4v) is 2.25. The summed E-state index contributed by atoms with van der Waals surface area (Å²) < 4.78 is 12.4. The molecule has 2 rings (SSSR count). The van der Waals surface area contributed by atoms with Crippen LogP contribution in [0.3, 0.4) is 0 Å². The van der Waals surface area contributed by atoms with Gasteiger partial charge >= 0.3 is 0 Å². The minimum absolute atomic E-state index is 0.0948. The highest BCUT2D eigenvalue weighted by Gasteiger charge is 2.10. The summed E-state index contributed by atoms with van der Waals surface area (Å²) in [4.78, 5) is 12.3. The van der Waals surface area contributed by atoms with E-state index in [2.05, 4.69) is 0 Å². The number of rotatable bonds is 6. The number of nitrogen functional groups attached to an aromatic ring is 1. The molecule has 0 amide bonds. The molecule has 0 aliphatic rings. The zero-order valence-electron chi connectivity index (χ0n) is 13.2. The highest BCUT2D eigenvalue weighted by Crippen LogP contribution is 2.24. The first-order chi connectivity index (χ1) is 10.5. The van der Waals surface area contributed by atoms with Gasteiger partial charge in [-0.1, -0.05) is 12.1 Å². The number of methoxy groups -OCH3 is 1. The van der Waals surface area contributed by atoms with Gasteiger partial charge < -0.3 is 19.8 Å². The number of hydrogen-bond donors (Lipinski definition) is 1. The average molecular weight is 302 g/mol. The molecule has 0 aliphatic heterocycles. The molecule has 0 aliphatic carbocycles. The van der Waals surface area contributed by atoms with Crippen molar-refractivity contribution in [1.82, 2.24) is 4.57 Å². The summed E-state index contributed by atoms with van der Waals surface area (Å²) in [5.74, 6) is 0.773. The van der Waals surface area contributed by atoms with Crippen LogP contribution in [0.1, 0.15) is 13.8 Å². The highest BCUT2D eigenvalue weighted by molar-refractivity contribution is 5.63. The second kappa shape index (κ2) is 7.13. The van der Waals surface area contributed by atoms with Gasteiger partial charge in [0.1, 0.15) is 5.75 Å². The van der Waals surface area contributed by atoms with Gasteiger partial charge in [-0.15, -0.1) is 0 Å². The normalized spacial score (nSPS) is 10.9. The third-order valence-corrected chi connectivity index (χ3v) is 3.22. The maximum absolute atomic E-state index is 12.3. The van der Waals surface area contributed by atoms with Gasteiger partial charge in [-0.2, -0.15) is 0 Å². The molecular formula is C17H22N2O3. The topological polar surface area (TPSA) is 66.5 Å². The van der Waals surface area contributed by atoms with Gasteiger partial charge in [-0.3, -0.25) is 4.79 Å². The minimum atomic E-state index is -0.204. The molecule has 1 aromatic carbocycles. The van der Waals surface area contributed by atoms with Crippen molar-refractivity contribution in [2.24, 2.45) is 0 Å². The quantitative estimate of drug-likeness (QED) is 0.890. The summed E-state index contributed by atoms with van der Waals surface area (Å²) >= 11 is 0. The molecule has 1 aromatic heterocycles. The van der Waals surface area contributed by atoms with Crippen molar-refractivity contribution >= 4 is 5.69 Å². The van der Waals surface area contributed by atoms with E-state index < -0.39 is 0 Å². The lowest BCUT2D eigenvalue weighted by molar-refractivity contribution is 0.186. The van der Waals surface area contributed by atoms with Crippen LogP contribution < -0.4 is 16.0 Å². The van der Waals surface area contributed by atoms with Gasteiger partial charge in [0.15, 0.2) is 0 Å². The molecule has 0 unspecified atom stereocenters. The van der Waals surface area contributed by atoms with Crippen LogP contribution >= 0.6 is 0 Å². The van der Waals surface area contributed by atoms with Crippen molar-refractivity contribution in [3.8, 4) is 17.0 Å². The van der Waals surface area contributed by atoms with Crippen molar-refractivity contribution < 1.29 is 9.47 Å². The Bertz CT molecular complexity index is 693. The van der Waals surface area contributed by atoms with Crippen molar-refractivity contribution in [3.63, 3.8) is 0 Å². The van der Waals surface area contributed by atoms with E-state index in [-0.39, 0.29) is 17.4 Å². The molecular weight excluding hydrogens is 280 g/mol. The average Bonchev–Trinajstić information content (AvgIpc) is 2.48. The molecule has 0 spiro atoms. The number of ether oxygens (including phenoxy) is 2. The Morgan fingerprint density at radius 1 is 1.23 bits per heavy atom. The summed E-state index contributed by atoms with van der Waals surface area (Å²) in [7, 11) is 1.61. The molecule has 118 valence electrons. The Morgan fingerprint density at radius 2 is 2.00 bits per heavy atom. The second-order valence-corrected chi connectivity index (χ2v) is 5.32. The number of aromatic nitrogens is 1. The number of anilines is 1. The first-order valence-electron chi connectivity index (χ1n) is 7.28. The minimum Gasteiger partial charge on any atom is -0.491 e. The third-order valence-electron chi connectivity index (χ3n) is 3.22. The molecule has 1 heterocycles. The Hall–Kier alpha value is -2.27. The molecule has 0 saturated heterocycles. The predicted octanol–water partition coefficient (Wildman–Crippen LogP) is 2.53. The maximum atomic E-state index is 12.3. The SMILES string of the molecule is COCCn1c(-c2cccc(OC(C)C)c2)ccc(N)c1=O. The Kier molecular flexibility index (Phi) is 5.22. The number of nitrogens with two attached hydrogens (primary N) is 1. The van der Waals surface area contributed by atoms with Crippen molar-refractivity contribution in [1.29, 1.82) is 0 Å². The lowest BCUT2D eigenvalue weighted by Crippen LogP contribution is -2.25. The standard InChI is InChI=1S/C17H22N2O3/c1-12(2)22-14-6-4-5-13(11-14)16-8-7-15(18)17(20)19(16)9-10-21-3/h4-8,11-12H,9-10,18H2,1-3H3. The Balaban J connectivity index is 2.47. The van der Waals surface area contributed by atoms with E-state index in [4.69, 9.17) is 15.2 Å². The molecule has 0 radical (unpaired) electrons. The first-order valence-corrected chi connectivity index (χ1v) is 7.28. The van der Waals surface area contributed by atoms with E-state index in [1.807, 2.05) is 44.2 Å². The zero-order valence-corrected chi connectivity index (χ0v) is 13.2. The molecule has 2 N–H and O–H groups in total. The maximum Gasteiger partial charge on any atom is 0.274 e. The molecule has 5 heteroatoms. The summed E-state index contributed by atoms with van der Waals surface area (Å²) in [5, 5.41) is 0. The van der Waals surface area contributed by atoms with Gasteiger partial charge in [0.05, 0.1) is 24.1 Å². The second-order valence-electron chi connectivity index (χ2n) is 5.32. The van der Waals surface area contributed by atoms with Crippen LogP contribution in [0.15, 0.2) is 41.2 Å². The molecule has 0 fully saturated rings. The number of hydrogen-bond acceptors (Lipinski definition) is 4. The van der Waals surface area contributed by atoms with Crippen LogP contribution in [-0.2, 0) is 11.3 Å². The summed E-state index contributed by atoms with van der Waals surface area (Å²) in [5.41, 5.74) is 7.47. The Labute approximate surface area is 130 Å². The number of benzene rings is 1. The van der Waals surface area contributed by atoms with Crippen molar-refractivity contribution in [2.75, 3.05) is 19.5 Å². The van der Waals surface area contributed by atoms with Gasteiger partial charge in [-0.25, -0.2) is 0 Å². The van der Waals surface area contributed by atoms with Crippen LogP contribution in [0.2, 0.25) is 0 Å². The summed E-state index contributed by atoms with van der Waals surface area (Å²) in [6.07, 6.45) is 0.0948. The summed E-state index contributed by atoms with van der Waals surface area (Å²) in [6.45, 7) is 4.85. The van der Waals surface area contributed by atoms with Crippen LogP contribution in [-0.4, -0.2) is 24.4 Å².